The van der Waals surface area contributed by atoms with E-state index in [1.807, 2.05) is 71.2 Å². The highest BCUT2D eigenvalue weighted by Gasteiger charge is 2.25. The van der Waals surface area contributed by atoms with Gasteiger partial charge >= 0.3 is 0 Å². The molecule has 0 amide bonds. The number of hydrogen-bond acceptors (Lipinski definition) is 9. The van der Waals surface area contributed by atoms with Gasteiger partial charge < -0.3 is 32.4 Å². The molecule has 29 rings (SSSR count). The summed E-state index contributed by atoms with van der Waals surface area (Å²) in [6.45, 7) is 0. The highest BCUT2D eigenvalue weighted by Crippen LogP contribution is 2.51. The van der Waals surface area contributed by atoms with E-state index < -0.39 is 0 Å². The van der Waals surface area contributed by atoms with Crippen LogP contribution in [0.3, 0.4) is 0 Å². The Bertz CT molecular complexity index is 9920. The Morgan fingerprint density at radius 2 is 0.404 bits per heavy atom. The normalized spacial score (nSPS) is 11.7. The third kappa shape index (κ3) is 14.8. The van der Waals surface area contributed by atoms with Crippen LogP contribution in [-0.2, 0) is 0 Å². The first kappa shape index (κ1) is 82.4. The molecule has 0 bridgehead atoms. The lowest BCUT2D eigenvalue weighted by molar-refractivity contribution is 0.668. The number of furan rings is 4. The summed E-state index contributed by atoms with van der Waals surface area (Å²) >= 11 is 3.70. The maximum Gasteiger partial charge on any atom is 0.135 e. The summed E-state index contributed by atoms with van der Waals surface area (Å²) in [7, 11) is 0. The third-order valence-electron chi connectivity index (χ3n) is 27.8. The summed E-state index contributed by atoms with van der Waals surface area (Å²) < 4.78 is 29.8. The van der Waals surface area contributed by atoms with E-state index >= 15 is 0 Å². The molecule has 7 nitrogen and oxygen atoms in total. The zero-order valence-corrected chi connectivity index (χ0v) is 77.8. The van der Waals surface area contributed by atoms with Crippen molar-refractivity contribution in [1.29, 1.82) is 0 Å². The third-order valence-corrected chi connectivity index (χ3v) is 30.1. The highest BCUT2D eigenvalue weighted by molar-refractivity contribution is 7.26. The lowest BCUT2D eigenvalue weighted by Gasteiger charge is -2.28. The average molecular weight is 1840 g/mol. The highest BCUT2D eigenvalue weighted by atomic mass is 32.1. The van der Waals surface area contributed by atoms with Crippen LogP contribution >= 0.6 is 22.7 Å². The number of benzene rings is 23. The van der Waals surface area contributed by atoms with Crippen LogP contribution in [0.15, 0.2) is 521 Å². The Morgan fingerprint density at radius 3 is 0.865 bits per heavy atom. The summed E-state index contributed by atoms with van der Waals surface area (Å²) in [4.78, 5) is 7.14. The molecule has 0 radical (unpaired) electrons. The standard InChI is InChI=1S/C46H29NO2.C46H29NOS.C40H25NOS/c1-2-8-30(9-3-1)31-16-20-36(21-17-31)47(38-23-25-46-42(29-38)40-11-5-7-13-44(40)49-46)37-22-18-33-26-32(14-15-34(33)27-37)35-19-24-45-41(28-35)39-10-4-6-12-43(39)48-45;1-2-10-30(11-3-1)31-18-21-33(22-19-31)47(34-23-27-46-41(29-34)39-15-7-9-17-45(39)49-46)42-25-24-35(36-12-4-5-13-37(36)42)32-20-26-44-40(28-32)38-14-6-8-16-43(38)48-44;1-2-10-27(11-3-1)41(28-19-23-40-35(25-28)33-15-7-9-17-39(33)43-40)36-21-20-29(30-12-4-5-13-31(30)36)26-18-22-38-34(24-26)32-14-6-8-16-37(32)42-38/h2*1-29H;1-25H. The van der Waals surface area contributed by atoms with Crippen molar-refractivity contribution in [2.45, 2.75) is 0 Å². The summed E-state index contributed by atoms with van der Waals surface area (Å²) in [6.07, 6.45) is 0. The van der Waals surface area contributed by atoms with Crippen molar-refractivity contribution in [3.8, 4) is 55.6 Å². The maximum absolute atomic E-state index is 6.18. The van der Waals surface area contributed by atoms with Crippen LogP contribution in [0.4, 0.5) is 51.2 Å². The van der Waals surface area contributed by atoms with Gasteiger partial charge in [0.1, 0.15) is 44.7 Å². The first-order valence-electron chi connectivity index (χ1n) is 47.7. The van der Waals surface area contributed by atoms with Crippen molar-refractivity contribution in [2.24, 2.45) is 0 Å². The number of rotatable bonds is 14. The van der Waals surface area contributed by atoms with Crippen LogP contribution in [0.2, 0.25) is 0 Å². The molecule has 0 N–H and O–H groups in total. The quantitative estimate of drug-likeness (QED) is 0.107. The molecular weight excluding hydrogens is 1760 g/mol. The van der Waals surface area contributed by atoms with Gasteiger partial charge in [-0.1, -0.05) is 309 Å². The first-order chi connectivity index (χ1) is 69.8. The molecule has 0 atom stereocenters. The van der Waals surface area contributed by atoms with Crippen LogP contribution in [-0.4, -0.2) is 0 Å². The topological polar surface area (TPSA) is 62.3 Å². The fourth-order valence-electron chi connectivity index (χ4n) is 21.0. The van der Waals surface area contributed by atoms with E-state index in [0.717, 1.165) is 139 Å². The van der Waals surface area contributed by atoms with E-state index in [-0.39, 0.29) is 0 Å². The van der Waals surface area contributed by atoms with Gasteiger partial charge in [-0.15, -0.1) is 22.7 Å². The fourth-order valence-corrected chi connectivity index (χ4v) is 23.2. The van der Waals surface area contributed by atoms with Gasteiger partial charge in [0.25, 0.3) is 0 Å². The first-order valence-corrected chi connectivity index (χ1v) is 49.3. The summed E-state index contributed by atoms with van der Waals surface area (Å²) in [6, 6.07) is 180. The monoisotopic (exact) mass is 1840 g/mol. The minimum atomic E-state index is 0.886. The van der Waals surface area contributed by atoms with Crippen LogP contribution in [0, 0.1) is 0 Å². The van der Waals surface area contributed by atoms with Gasteiger partial charge in [-0.2, -0.15) is 0 Å². The van der Waals surface area contributed by atoms with Crippen molar-refractivity contribution in [3.63, 3.8) is 0 Å². The zero-order chi connectivity index (χ0) is 93.0. The van der Waals surface area contributed by atoms with Crippen molar-refractivity contribution >= 4 is 234 Å². The maximum atomic E-state index is 6.18. The number of fused-ring (bicyclic) bond motifs is 21. The number of anilines is 9. The Hall–Kier alpha value is -18.1. The summed E-state index contributed by atoms with van der Waals surface area (Å²) in [5, 5.41) is 21.4. The van der Waals surface area contributed by atoms with E-state index in [2.05, 4.69) is 470 Å². The number of hydrogen-bond donors (Lipinski definition) is 0. The molecule has 0 unspecified atom stereocenters. The molecule has 0 aliphatic heterocycles. The molecule has 0 saturated heterocycles. The van der Waals surface area contributed by atoms with Crippen molar-refractivity contribution in [3.05, 3.63) is 504 Å². The minimum Gasteiger partial charge on any atom is -0.456 e. The number of para-hydroxylation sites is 5. The lowest BCUT2D eigenvalue weighted by atomic mass is 9.95. The molecule has 0 saturated carbocycles. The Balaban J connectivity index is 0.000000106. The molecule has 23 aromatic carbocycles. The molecule has 29 aromatic rings. The molecule has 9 heteroatoms. The van der Waals surface area contributed by atoms with Gasteiger partial charge in [-0.3, -0.25) is 0 Å². The zero-order valence-electron chi connectivity index (χ0n) is 76.2. The molecule has 141 heavy (non-hydrogen) atoms. The van der Waals surface area contributed by atoms with Crippen molar-refractivity contribution in [1.82, 2.24) is 0 Å². The summed E-state index contributed by atoms with van der Waals surface area (Å²) in [5.41, 5.74) is 29.2. The molecule has 662 valence electrons. The largest absolute Gasteiger partial charge is 0.456 e. The Labute approximate surface area is 819 Å². The second-order valence-electron chi connectivity index (χ2n) is 36.0. The van der Waals surface area contributed by atoms with Crippen molar-refractivity contribution in [2.75, 3.05) is 14.7 Å². The SMILES string of the molecule is c1ccc(-c2ccc(N(c3ccc4cc(-c5ccc6oc7ccccc7c6c5)ccc4c3)c3ccc4oc5ccccc5c4c3)cc2)cc1.c1ccc(-c2ccc(N(c3ccc4sc5ccccc5c4c3)c3ccc(-c4ccc5oc6ccccc6c5c4)c4ccccc34)cc2)cc1.c1ccc(N(c2ccc3sc4ccccc4c3c2)c2ccc(-c3ccc4oc5ccccc5c4c3)c3ccccc23)cc1. The Kier molecular flexibility index (Phi) is 20.2. The van der Waals surface area contributed by atoms with Gasteiger partial charge in [0.05, 0.1) is 11.4 Å². The second-order valence-corrected chi connectivity index (χ2v) is 38.2. The number of thiophene rings is 2. The van der Waals surface area contributed by atoms with Crippen LogP contribution < -0.4 is 14.7 Å². The molecule has 0 spiro atoms. The van der Waals surface area contributed by atoms with E-state index in [1.54, 1.807) is 0 Å². The molecular formula is C132H83N3O4S2. The number of nitrogens with zero attached hydrogens (tertiary/aromatic N) is 3. The van der Waals surface area contributed by atoms with Crippen molar-refractivity contribution < 1.29 is 17.7 Å². The molecule has 6 aromatic heterocycles. The molecule has 0 aliphatic rings. The molecule has 0 aliphatic carbocycles. The van der Waals surface area contributed by atoms with Gasteiger partial charge in [-0.05, 0) is 271 Å². The van der Waals surface area contributed by atoms with Gasteiger partial charge in [0, 0.05) is 134 Å². The van der Waals surface area contributed by atoms with Crippen LogP contribution in [0.25, 0.3) is 216 Å². The lowest BCUT2D eigenvalue weighted by Crippen LogP contribution is -2.10. The van der Waals surface area contributed by atoms with Gasteiger partial charge in [-0.25, -0.2) is 0 Å². The smallest absolute Gasteiger partial charge is 0.135 e. The Morgan fingerprint density at radius 1 is 0.135 bits per heavy atom. The van der Waals surface area contributed by atoms with E-state index in [9.17, 15) is 0 Å². The fraction of sp³-hybridized carbons (Fsp3) is 0. The summed E-state index contributed by atoms with van der Waals surface area (Å²) in [5.74, 6) is 0. The predicted molar refractivity (Wildman–Crippen MR) is 598 cm³/mol. The van der Waals surface area contributed by atoms with Crippen LogP contribution in [0.5, 0.6) is 0 Å². The van der Waals surface area contributed by atoms with Gasteiger partial charge in [0.2, 0.25) is 0 Å². The van der Waals surface area contributed by atoms with E-state index in [1.165, 1.54) is 128 Å². The second kappa shape index (κ2) is 34.6. The predicted octanol–water partition coefficient (Wildman–Crippen LogP) is 39.6. The van der Waals surface area contributed by atoms with Gasteiger partial charge in [0.15, 0.2) is 0 Å². The molecule has 0 fully saturated rings. The van der Waals surface area contributed by atoms with Crippen LogP contribution in [0.1, 0.15) is 0 Å². The minimum absolute atomic E-state index is 0.886. The average Bonchev–Trinajstić information content (AvgIpc) is 1.41. The molecule has 6 heterocycles. The van der Waals surface area contributed by atoms with E-state index in [4.69, 9.17) is 17.7 Å². The van der Waals surface area contributed by atoms with E-state index in [0.29, 0.717) is 0 Å².